The minimum absolute atomic E-state index is 0. The molecule has 1 aromatic heterocycles. The van der Waals surface area contributed by atoms with Crippen molar-refractivity contribution in [3.63, 3.8) is 0 Å². The zero-order chi connectivity index (χ0) is 21.1. The molecule has 0 saturated carbocycles. The second-order valence-electron chi connectivity index (χ2n) is 6.98. The third kappa shape index (κ3) is 5.35. The fraction of sp³-hybridized carbons (Fsp3) is 0.333. The topological polar surface area (TPSA) is 45.7 Å². The molecule has 0 atom stereocenters. The highest BCUT2D eigenvalue weighted by molar-refractivity contribution is 7.22. The summed E-state index contributed by atoms with van der Waals surface area (Å²) in [6.45, 7) is 4.07. The highest BCUT2D eigenvalue weighted by Crippen LogP contribution is 2.31. The van der Waals surface area contributed by atoms with Crippen molar-refractivity contribution in [2.24, 2.45) is 0 Å². The Labute approximate surface area is 187 Å². The molecule has 0 bridgehead atoms. The van der Waals surface area contributed by atoms with Crippen molar-refractivity contribution in [1.29, 1.82) is 0 Å². The van der Waals surface area contributed by atoms with E-state index in [1.807, 2.05) is 0 Å². The average Bonchev–Trinajstić information content (AvgIpc) is 3.19. The van der Waals surface area contributed by atoms with Gasteiger partial charge in [0.2, 0.25) is 0 Å². The predicted molar refractivity (Wildman–Crippen MR) is 117 cm³/mol. The van der Waals surface area contributed by atoms with Crippen molar-refractivity contribution in [1.82, 2.24) is 9.88 Å². The molecule has 31 heavy (non-hydrogen) atoms. The fourth-order valence-corrected chi connectivity index (χ4v) is 4.37. The van der Waals surface area contributed by atoms with E-state index in [1.54, 1.807) is 12.1 Å². The Morgan fingerprint density at radius 3 is 2.58 bits per heavy atom. The van der Waals surface area contributed by atoms with Crippen molar-refractivity contribution in [2.75, 3.05) is 44.3 Å². The normalized spacial score (nSPS) is 14.4. The molecular weight excluding hydrogens is 451 g/mol. The summed E-state index contributed by atoms with van der Waals surface area (Å²) in [5.74, 6) is -3.09. The number of fused-ring (bicyclic) bond motifs is 1. The largest absolute Gasteiger partial charge is 0.379 e. The highest BCUT2D eigenvalue weighted by atomic mass is 35.5. The maximum Gasteiger partial charge on any atom is 0.260 e. The van der Waals surface area contributed by atoms with Gasteiger partial charge in [-0.25, -0.2) is 18.2 Å². The maximum absolute atomic E-state index is 14.1. The van der Waals surface area contributed by atoms with Gasteiger partial charge in [0.05, 0.1) is 17.9 Å². The fourth-order valence-electron chi connectivity index (χ4n) is 3.36. The summed E-state index contributed by atoms with van der Waals surface area (Å²) in [6, 6.07) is 7.66. The average molecular weight is 472 g/mol. The zero-order valence-electron chi connectivity index (χ0n) is 16.5. The number of rotatable bonds is 6. The van der Waals surface area contributed by atoms with Gasteiger partial charge in [0, 0.05) is 31.7 Å². The first kappa shape index (κ1) is 23.5. The molecule has 3 aromatic rings. The van der Waals surface area contributed by atoms with E-state index in [2.05, 4.69) is 9.88 Å². The zero-order valence-corrected chi connectivity index (χ0v) is 18.2. The second-order valence-corrected chi connectivity index (χ2v) is 7.99. The molecule has 1 aliphatic heterocycles. The van der Waals surface area contributed by atoms with Gasteiger partial charge in [0.1, 0.15) is 11.3 Å². The number of nitrogens with zero attached hydrogens (tertiary/aromatic N) is 3. The third-order valence-corrected chi connectivity index (χ3v) is 6.00. The van der Waals surface area contributed by atoms with E-state index in [9.17, 15) is 18.0 Å². The van der Waals surface area contributed by atoms with Gasteiger partial charge in [-0.2, -0.15) is 0 Å². The van der Waals surface area contributed by atoms with Crippen molar-refractivity contribution in [3.8, 4) is 0 Å². The number of halogens is 4. The van der Waals surface area contributed by atoms with Crippen LogP contribution in [0.25, 0.3) is 10.2 Å². The van der Waals surface area contributed by atoms with E-state index in [-0.39, 0.29) is 23.5 Å². The van der Waals surface area contributed by atoms with E-state index >= 15 is 0 Å². The molecule has 5 nitrogen and oxygen atoms in total. The molecule has 1 aliphatic rings. The molecule has 10 heteroatoms. The number of hydrogen-bond acceptors (Lipinski definition) is 5. The highest BCUT2D eigenvalue weighted by Gasteiger charge is 2.23. The second kappa shape index (κ2) is 10.4. The first-order chi connectivity index (χ1) is 14.5. The molecule has 0 spiro atoms. The van der Waals surface area contributed by atoms with E-state index < -0.39 is 23.4 Å². The molecule has 2 aromatic carbocycles. The van der Waals surface area contributed by atoms with Crippen LogP contribution in [0.15, 0.2) is 36.4 Å². The van der Waals surface area contributed by atoms with Crippen LogP contribution in [0.4, 0.5) is 18.3 Å². The molecule has 2 heterocycles. The number of amides is 1. The van der Waals surface area contributed by atoms with Crippen LogP contribution in [0.5, 0.6) is 0 Å². The van der Waals surface area contributed by atoms with E-state index in [0.717, 1.165) is 31.8 Å². The molecule has 0 N–H and O–H groups in total. The first-order valence-electron chi connectivity index (χ1n) is 9.65. The lowest BCUT2D eigenvalue weighted by Gasteiger charge is -2.27. The number of carbonyl (C=O) groups is 1. The van der Waals surface area contributed by atoms with E-state index in [4.69, 9.17) is 4.74 Å². The van der Waals surface area contributed by atoms with Crippen LogP contribution in [0.2, 0.25) is 0 Å². The summed E-state index contributed by atoms with van der Waals surface area (Å²) in [6.07, 6.45) is 0.647. The van der Waals surface area contributed by atoms with Crippen molar-refractivity contribution >= 4 is 45.0 Å². The lowest BCUT2D eigenvalue weighted by atomic mass is 10.2. The van der Waals surface area contributed by atoms with E-state index in [1.165, 1.54) is 28.4 Å². The molecule has 1 amide bonds. The number of hydrogen-bond donors (Lipinski definition) is 0. The molecule has 1 saturated heterocycles. The Kier molecular flexibility index (Phi) is 7.88. The SMILES string of the molecule is Cl.O=C(c1ccc(F)c(F)c1)N(CCCN1CCOCC1)c1nc2c(F)cccc2s1. The molecule has 0 unspecified atom stereocenters. The van der Waals surface area contributed by atoms with Crippen molar-refractivity contribution < 1.29 is 22.7 Å². The van der Waals surface area contributed by atoms with Crippen LogP contribution in [0, 0.1) is 17.5 Å². The van der Waals surface area contributed by atoms with Crippen LogP contribution in [-0.4, -0.2) is 55.2 Å². The lowest BCUT2D eigenvalue weighted by Crippen LogP contribution is -2.39. The van der Waals surface area contributed by atoms with Crippen LogP contribution < -0.4 is 4.90 Å². The Hall–Kier alpha value is -2.20. The molecule has 1 fully saturated rings. The van der Waals surface area contributed by atoms with Crippen molar-refractivity contribution in [2.45, 2.75) is 6.42 Å². The van der Waals surface area contributed by atoms with Gasteiger partial charge in [-0.05, 0) is 36.8 Å². The summed E-state index contributed by atoms with van der Waals surface area (Å²) in [4.78, 5) is 21.1. The minimum Gasteiger partial charge on any atom is -0.379 e. The number of para-hydroxylation sites is 1. The Balaban J connectivity index is 0.00000272. The van der Waals surface area contributed by atoms with Crippen molar-refractivity contribution in [3.05, 3.63) is 59.4 Å². The first-order valence-corrected chi connectivity index (χ1v) is 10.5. The quantitative estimate of drug-likeness (QED) is 0.531. The summed E-state index contributed by atoms with van der Waals surface area (Å²) in [5, 5.41) is 0.326. The smallest absolute Gasteiger partial charge is 0.260 e. The number of anilines is 1. The Bertz CT molecular complexity index is 1060. The summed E-state index contributed by atoms with van der Waals surface area (Å²) < 4.78 is 47.1. The number of aromatic nitrogens is 1. The molecule has 4 rings (SSSR count). The van der Waals surface area contributed by atoms with Crippen LogP contribution in [0.3, 0.4) is 0 Å². The Morgan fingerprint density at radius 2 is 1.87 bits per heavy atom. The van der Waals surface area contributed by atoms with Gasteiger partial charge in [-0.3, -0.25) is 14.6 Å². The van der Waals surface area contributed by atoms with Gasteiger partial charge < -0.3 is 4.74 Å². The molecule has 0 aliphatic carbocycles. The lowest BCUT2D eigenvalue weighted by molar-refractivity contribution is 0.0376. The molecule has 0 radical (unpaired) electrons. The van der Waals surface area contributed by atoms with Crippen LogP contribution in [-0.2, 0) is 4.74 Å². The van der Waals surface area contributed by atoms with Gasteiger partial charge >= 0.3 is 0 Å². The van der Waals surface area contributed by atoms with E-state index in [0.29, 0.717) is 36.0 Å². The summed E-state index contributed by atoms with van der Waals surface area (Å²) >= 11 is 1.19. The summed E-state index contributed by atoms with van der Waals surface area (Å²) in [7, 11) is 0. The number of ether oxygens (including phenoxy) is 1. The third-order valence-electron chi connectivity index (χ3n) is 4.96. The predicted octanol–water partition coefficient (Wildman–Crippen LogP) is 4.50. The van der Waals surface area contributed by atoms with Gasteiger partial charge in [-0.15, -0.1) is 12.4 Å². The number of thiazole rings is 1. The van der Waals surface area contributed by atoms with Crippen LogP contribution in [0.1, 0.15) is 16.8 Å². The number of carbonyl (C=O) groups excluding carboxylic acids is 1. The maximum atomic E-state index is 14.1. The Morgan fingerprint density at radius 1 is 1.10 bits per heavy atom. The standard InChI is InChI=1S/C21H20F3N3O2S.ClH/c22-15-6-5-14(13-17(15)24)20(28)27(8-2-7-26-9-11-29-12-10-26)21-25-19-16(23)3-1-4-18(19)30-21;/h1,3-6,13H,2,7-12H2;1H. The van der Waals surface area contributed by atoms with Gasteiger partial charge in [-0.1, -0.05) is 17.4 Å². The molecule has 166 valence electrons. The summed E-state index contributed by atoms with van der Waals surface area (Å²) in [5.41, 5.74) is 0.203. The molecular formula is C21H21ClF3N3O2S. The number of morpholine rings is 1. The van der Waals surface area contributed by atoms with Gasteiger partial charge in [0.25, 0.3) is 5.91 Å². The van der Waals surface area contributed by atoms with Gasteiger partial charge in [0.15, 0.2) is 16.8 Å². The minimum atomic E-state index is -1.09. The monoisotopic (exact) mass is 471 g/mol. The van der Waals surface area contributed by atoms with Crippen LogP contribution >= 0.6 is 23.7 Å². The number of benzene rings is 2.